The first-order valence-electron chi connectivity index (χ1n) is 6.06. The second-order valence-corrected chi connectivity index (χ2v) is 5.39. The van der Waals surface area contributed by atoms with E-state index >= 15 is 0 Å². The Kier molecular flexibility index (Phi) is 3.21. The molecule has 0 unspecified atom stereocenters. The minimum Gasteiger partial charge on any atom is -0.241 e. The summed E-state index contributed by atoms with van der Waals surface area (Å²) in [5, 5.41) is 1.36. The smallest absolute Gasteiger partial charge is 0.241 e. The Morgan fingerprint density at radius 3 is 2.68 bits per heavy atom. The molecular formula is C15H13Cl2N2+. The minimum atomic E-state index is 0.661. The average Bonchev–Trinajstić information content (AvgIpc) is 2.69. The largest absolute Gasteiger partial charge is 0.252 e. The van der Waals surface area contributed by atoms with E-state index in [1.807, 2.05) is 24.3 Å². The maximum absolute atomic E-state index is 6.24. The maximum atomic E-state index is 6.24. The molecule has 3 rings (SSSR count). The molecule has 0 aliphatic heterocycles. The van der Waals surface area contributed by atoms with Gasteiger partial charge in [0.25, 0.3) is 5.82 Å². The summed E-state index contributed by atoms with van der Waals surface area (Å²) in [5.74, 6) is 1.10. The Morgan fingerprint density at radius 2 is 1.89 bits per heavy atom. The first kappa shape index (κ1) is 12.5. The van der Waals surface area contributed by atoms with Gasteiger partial charge in [0.15, 0.2) is 11.0 Å². The topological polar surface area (TPSA) is 19.7 Å². The first-order valence-corrected chi connectivity index (χ1v) is 6.82. The fraction of sp³-hybridized carbons (Fsp3) is 0.133. The number of benzene rings is 2. The molecule has 19 heavy (non-hydrogen) atoms. The Morgan fingerprint density at radius 1 is 1.11 bits per heavy atom. The van der Waals surface area contributed by atoms with E-state index in [4.69, 9.17) is 23.2 Å². The molecule has 96 valence electrons. The maximum Gasteiger partial charge on any atom is 0.252 e. The summed E-state index contributed by atoms with van der Waals surface area (Å²) < 4.78 is 2.21. The first-order chi connectivity index (χ1) is 9.15. The lowest BCUT2D eigenvalue weighted by atomic mass is 10.2. The lowest BCUT2D eigenvalue weighted by Crippen LogP contribution is -2.36. The standard InChI is InChI=1S/C15H12Cl2N2/c1-10-18-14-4-2-3-5-15(14)19(10)9-11-6-7-12(16)8-13(11)17/h2-8H,9H2,1H3/p+1. The number of hydrogen-bond donors (Lipinski definition) is 1. The van der Waals surface area contributed by atoms with Crippen molar-refractivity contribution in [3.05, 3.63) is 63.9 Å². The Hall–Kier alpha value is -1.51. The third-order valence-corrected chi connectivity index (χ3v) is 3.85. The van der Waals surface area contributed by atoms with Gasteiger partial charge < -0.3 is 0 Å². The van der Waals surface area contributed by atoms with Gasteiger partial charge in [-0.2, -0.15) is 0 Å². The molecule has 0 radical (unpaired) electrons. The molecule has 0 amide bonds. The highest BCUT2D eigenvalue weighted by atomic mass is 35.5. The van der Waals surface area contributed by atoms with Gasteiger partial charge in [0.2, 0.25) is 0 Å². The predicted octanol–water partition coefficient (Wildman–Crippen LogP) is 4.12. The van der Waals surface area contributed by atoms with Gasteiger partial charge in [-0.05, 0) is 24.3 Å². The quantitative estimate of drug-likeness (QED) is 0.686. The molecule has 1 heterocycles. The number of rotatable bonds is 2. The van der Waals surface area contributed by atoms with Crippen molar-refractivity contribution in [1.82, 2.24) is 4.98 Å². The van der Waals surface area contributed by atoms with E-state index in [0.29, 0.717) is 10.0 Å². The number of fused-ring (bicyclic) bond motifs is 1. The molecule has 1 aromatic heterocycles. The van der Waals surface area contributed by atoms with Gasteiger partial charge >= 0.3 is 0 Å². The summed E-state index contributed by atoms with van der Waals surface area (Å²) in [6.45, 7) is 2.79. The molecule has 0 bridgehead atoms. The summed E-state index contributed by atoms with van der Waals surface area (Å²) in [7, 11) is 0. The van der Waals surface area contributed by atoms with Gasteiger partial charge in [-0.1, -0.05) is 41.4 Å². The molecule has 3 aromatic rings. The fourth-order valence-electron chi connectivity index (χ4n) is 2.28. The van der Waals surface area contributed by atoms with Gasteiger partial charge in [0, 0.05) is 22.5 Å². The number of aromatic nitrogens is 2. The number of para-hydroxylation sites is 2. The molecule has 0 aliphatic carbocycles. The van der Waals surface area contributed by atoms with Crippen LogP contribution in [0.1, 0.15) is 11.4 Å². The van der Waals surface area contributed by atoms with Gasteiger partial charge in [0.05, 0.1) is 0 Å². The molecule has 0 aliphatic rings. The Bertz CT molecular complexity index is 747. The SMILES string of the molecule is Cc1[nH]c2ccccc2[n+]1Cc1ccc(Cl)cc1Cl. The zero-order valence-electron chi connectivity index (χ0n) is 10.5. The summed E-state index contributed by atoms with van der Waals surface area (Å²) in [6.07, 6.45) is 0. The fourth-order valence-corrected chi connectivity index (χ4v) is 2.75. The molecule has 1 N–H and O–H groups in total. The Labute approximate surface area is 121 Å². The third kappa shape index (κ3) is 2.34. The van der Waals surface area contributed by atoms with Crippen LogP contribution in [-0.2, 0) is 6.54 Å². The van der Waals surface area contributed by atoms with Crippen LogP contribution < -0.4 is 4.57 Å². The van der Waals surface area contributed by atoms with E-state index in [1.54, 1.807) is 6.07 Å². The molecule has 0 spiro atoms. The molecular weight excluding hydrogens is 279 g/mol. The highest BCUT2D eigenvalue weighted by molar-refractivity contribution is 6.35. The van der Waals surface area contributed by atoms with Crippen LogP contribution >= 0.6 is 23.2 Å². The van der Waals surface area contributed by atoms with Crippen LogP contribution in [0.15, 0.2) is 42.5 Å². The van der Waals surface area contributed by atoms with Crippen molar-refractivity contribution in [3.8, 4) is 0 Å². The van der Waals surface area contributed by atoms with E-state index in [-0.39, 0.29) is 0 Å². The number of imidazole rings is 1. The van der Waals surface area contributed by atoms with Crippen LogP contribution in [-0.4, -0.2) is 4.98 Å². The van der Waals surface area contributed by atoms with Gasteiger partial charge in [0.1, 0.15) is 6.54 Å². The minimum absolute atomic E-state index is 0.661. The molecule has 2 aromatic carbocycles. The van der Waals surface area contributed by atoms with Crippen LogP contribution in [0, 0.1) is 6.92 Å². The molecule has 0 saturated carbocycles. The summed E-state index contributed by atoms with van der Waals surface area (Å²) in [6, 6.07) is 13.9. The van der Waals surface area contributed by atoms with E-state index in [0.717, 1.165) is 23.4 Å². The lowest BCUT2D eigenvalue weighted by molar-refractivity contribution is -0.668. The van der Waals surface area contributed by atoms with E-state index in [1.165, 1.54) is 5.52 Å². The molecule has 0 atom stereocenters. The summed E-state index contributed by atoms with van der Waals surface area (Å²) in [4.78, 5) is 3.37. The van der Waals surface area contributed by atoms with Gasteiger partial charge in [-0.3, -0.25) is 0 Å². The lowest BCUT2D eigenvalue weighted by Gasteiger charge is -2.04. The highest BCUT2D eigenvalue weighted by Gasteiger charge is 2.15. The number of nitrogens with one attached hydrogen (secondary N) is 1. The number of aryl methyl sites for hydroxylation is 1. The molecule has 4 heteroatoms. The van der Waals surface area contributed by atoms with Crippen molar-refractivity contribution >= 4 is 34.2 Å². The van der Waals surface area contributed by atoms with Gasteiger partial charge in [-0.25, -0.2) is 9.55 Å². The van der Waals surface area contributed by atoms with Gasteiger partial charge in [-0.15, -0.1) is 0 Å². The predicted molar refractivity (Wildman–Crippen MR) is 78.8 cm³/mol. The summed E-state index contributed by atoms with van der Waals surface area (Å²) in [5.41, 5.74) is 3.36. The molecule has 0 saturated heterocycles. The second kappa shape index (κ2) is 4.87. The number of H-pyrrole nitrogens is 1. The van der Waals surface area contributed by atoms with Crippen molar-refractivity contribution < 1.29 is 4.57 Å². The van der Waals surface area contributed by atoms with Crippen molar-refractivity contribution in [3.63, 3.8) is 0 Å². The number of halogens is 2. The third-order valence-electron chi connectivity index (χ3n) is 3.26. The van der Waals surface area contributed by atoms with Crippen LogP contribution in [0.4, 0.5) is 0 Å². The Balaban J connectivity index is 2.08. The van der Waals surface area contributed by atoms with E-state index in [9.17, 15) is 0 Å². The normalized spacial score (nSPS) is 11.1. The van der Waals surface area contributed by atoms with Crippen LogP contribution in [0.2, 0.25) is 10.0 Å². The zero-order valence-corrected chi connectivity index (χ0v) is 12.0. The van der Waals surface area contributed by atoms with Crippen molar-refractivity contribution in [2.45, 2.75) is 13.5 Å². The van der Waals surface area contributed by atoms with Crippen molar-refractivity contribution in [2.24, 2.45) is 0 Å². The van der Waals surface area contributed by atoms with E-state index < -0.39 is 0 Å². The number of aromatic amines is 1. The second-order valence-electron chi connectivity index (χ2n) is 4.55. The van der Waals surface area contributed by atoms with Crippen LogP contribution in [0.5, 0.6) is 0 Å². The van der Waals surface area contributed by atoms with Crippen LogP contribution in [0.3, 0.4) is 0 Å². The van der Waals surface area contributed by atoms with E-state index in [2.05, 4.69) is 28.6 Å². The highest BCUT2D eigenvalue weighted by Crippen LogP contribution is 2.21. The molecule has 2 nitrogen and oxygen atoms in total. The summed E-state index contributed by atoms with van der Waals surface area (Å²) >= 11 is 12.2. The monoisotopic (exact) mass is 291 g/mol. The number of hydrogen-bond acceptors (Lipinski definition) is 0. The van der Waals surface area contributed by atoms with Crippen molar-refractivity contribution in [2.75, 3.05) is 0 Å². The van der Waals surface area contributed by atoms with Crippen molar-refractivity contribution in [1.29, 1.82) is 0 Å². The zero-order chi connectivity index (χ0) is 13.4. The number of nitrogens with zero attached hydrogens (tertiary/aromatic N) is 1. The van der Waals surface area contributed by atoms with Crippen LogP contribution in [0.25, 0.3) is 11.0 Å². The molecule has 0 fully saturated rings. The average molecular weight is 292 g/mol.